The van der Waals surface area contributed by atoms with Crippen molar-refractivity contribution in [2.24, 2.45) is 5.73 Å². The van der Waals surface area contributed by atoms with Crippen LogP contribution in [0.2, 0.25) is 0 Å². The summed E-state index contributed by atoms with van der Waals surface area (Å²) in [6.07, 6.45) is 3.27. The number of carbonyl (C=O) groups is 2. The van der Waals surface area contributed by atoms with Crippen LogP contribution in [-0.2, 0) is 20.7 Å². The number of nitrogens with two attached hydrogens (primary N) is 1. The lowest BCUT2D eigenvalue weighted by Gasteiger charge is -2.14. The van der Waals surface area contributed by atoms with Crippen LogP contribution in [0.15, 0.2) is 18.2 Å². The first-order chi connectivity index (χ1) is 10.7. The van der Waals surface area contributed by atoms with E-state index in [1.165, 1.54) is 0 Å². The van der Waals surface area contributed by atoms with E-state index in [-0.39, 0.29) is 30.3 Å². The molecular formula is C16H22ClN3O3. The van der Waals surface area contributed by atoms with E-state index in [2.05, 4.69) is 10.6 Å². The van der Waals surface area contributed by atoms with Gasteiger partial charge in [-0.3, -0.25) is 9.59 Å². The maximum Gasteiger partial charge on any atom is 0.253 e. The third-order valence-corrected chi connectivity index (χ3v) is 4.16. The Kier molecular flexibility index (Phi) is 5.98. The van der Waals surface area contributed by atoms with E-state index in [4.69, 9.17) is 10.5 Å². The maximum absolute atomic E-state index is 12.2. The lowest BCUT2D eigenvalue weighted by atomic mass is 10.1. The first-order valence-electron chi connectivity index (χ1n) is 7.75. The Hall–Kier alpha value is -1.63. The smallest absolute Gasteiger partial charge is 0.253 e. The average molecular weight is 340 g/mol. The van der Waals surface area contributed by atoms with E-state index in [0.717, 1.165) is 36.2 Å². The predicted octanol–water partition coefficient (Wildman–Crippen LogP) is 1.83. The van der Waals surface area contributed by atoms with Crippen molar-refractivity contribution < 1.29 is 14.3 Å². The Labute approximate surface area is 141 Å². The summed E-state index contributed by atoms with van der Waals surface area (Å²) in [5, 5.41) is 5.77. The third kappa shape index (κ3) is 4.22. The van der Waals surface area contributed by atoms with E-state index in [9.17, 15) is 9.59 Å². The molecule has 1 saturated heterocycles. The minimum atomic E-state index is -0.424. The number of hydrogen-bond donors (Lipinski definition) is 3. The zero-order valence-electron chi connectivity index (χ0n) is 12.8. The standard InChI is InChI=1S/C16H21N3O3.ClH/c17-9-12-5-7-14(22-12)16(21)18-11-4-6-13-10(8-11)2-1-3-15(20)19-13;/h4,6,8,12,14H,1-3,5,7,9,17H2,(H,18,21)(H,19,20);1H/t12-,14+;/m1./s1. The number of benzene rings is 1. The fourth-order valence-electron chi connectivity index (χ4n) is 2.95. The van der Waals surface area contributed by atoms with E-state index in [0.29, 0.717) is 19.4 Å². The van der Waals surface area contributed by atoms with Crippen LogP contribution in [0.5, 0.6) is 0 Å². The monoisotopic (exact) mass is 339 g/mol. The van der Waals surface area contributed by atoms with Crippen molar-refractivity contribution in [3.63, 3.8) is 0 Å². The van der Waals surface area contributed by atoms with Gasteiger partial charge in [-0.25, -0.2) is 0 Å². The molecule has 0 aromatic heterocycles. The molecule has 2 heterocycles. The summed E-state index contributed by atoms with van der Waals surface area (Å²) in [5.74, 6) is -0.0868. The maximum atomic E-state index is 12.2. The number of nitrogens with one attached hydrogen (secondary N) is 2. The van der Waals surface area contributed by atoms with Crippen LogP contribution in [0.4, 0.5) is 11.4 Å². The average Bonchev–Trinajstić information content (AvgIpc) is 2.91. The molecule has 1 aromatic rings. The zero-order chi connectivity index (χ0) is 15.5. The molecule has 0 radical (unpaired) electrons. The highest BCUT2D eigenvalue weighted by atomic mass is 35.5. The second-order valence-electron chi connectivity index (χ2n) is 5.82. The normalized spacial score (nSPS) is 23.3. The molecule has 2 aliphatic heterocycles. The number of anilines is 2. The lowest BCUT2D eigenvalue weighted by molar-refractivity contribution is -0.126. The molecule has 7 heteroatoms. The molecular weight excluding hydrogens is 318 g/mol. The number of ether oxygens (including phenoxy) is 1. The number of hydrogen-bond acceptors (Lipinski definition) is 4. The van der Waals surface area contributed by atoms with E-state index >= 15 is 0 Å². The largest absolute Gasteiger partial charge is 0.364 e. The zero-order valence-corrected chi connectivity index (χ0v) is 13.7. The van der Waals surface area contributed by atoms with Crippen LogP contribution in [0.1, 0.15) is 31.2 Å². The number of fused-ring (bicyclic) bond motifs is 1. The molecule has 0 bridgehead atoms. The second-order valence-corrected chi connectivity index (χ2v) is 5.82. The van der Waals surface area contributed by atoms with Crippen LogP contribution in [0.3, 0.4) is 0 Å². The van der Waals surface area contributed by atoms with Crippen LogP contribution in [0, 0.1) is 0 Å². The number of rotatable bonds is 3. The number of halogens is 1. The van der Waals surface area contributed by atoms with Crippen LogP contribution < -0.4 is 16.4 Å². The highest BCUT2D eigenvalue weighted by molar-refractivity contribution is 5.96. The molecule has 1 fully saturated rings. The number of aryl methyl sites for hydroxylation is 1. The Bertz CT molecular complexity index is 594. The molecule has 23 heavy (non-hydrogen) atoms. The molecule has 126 valence electrons. The molecule has 1 aromatic carbocycles. The van der Waals surface area contributed by atoms with Crippen LogP contribution in [-0.4, -0.2) is 30.6 Å². The topological polar surface area (TPSA) is 93.5 Å². The Morgan fingerprint density at radius 1 is 1.35 bits per heavy atom. The van der Waals surface area contributed by atoms with Gasteiger partial charge in [0.2, 0.25) is 5.91 Å². The van der Waals surface area contributed by atoms with Gasteiger partial charge in [-0.15, -0.1) is 12.4 Å². The van der Waals surface area contributed by atoms with Gasteiger partial charge in [-0.1, -0.05) is 0 Å². The molecule has 2 aliphatic rings. The third-order valence-electron chi connectivity index (χ3n) is 4.16. The van der Waals surface area contributed by atoms with Crippen LogP contribution >= 0.6 is 12.4 Å². The first kappa shape index (κ1) is 17.7. The van der Waals surface area contributed by atoms with Gasteiger partial charge in [0, 0.05) is 24.3 Å². The van der Waals surface area contributed by atoms with Crippen molar-refractivity contribution in [2.75, 3.05) is 17.2 Å². The summed E-state index contributed by atoms with van der Waals surface area (Å²) in [7, 11) is 0. The van der Waals surface area contributed by atoms with Crippen molar-refractivity contribution in [2.45, 2.75) is 44.3 Å². The summed E-state index contributed by atoms with van der Waals surface area (Å²) in [5.41, 5.74) is 8.18. The molecule has 3 rings (SSSR count). The van der Waals surface area contributed by atoms with E-state index < -0.39 is 6.10 Å². The molecule has 2 amide bonds. The van der Waals surface area contributed by atoms with E-state index in [1.54, 1.807) is 6.07 Å². The molecule has 0 spiro atoms. The Balaban J connectivity index is 0.00000192. The molecule has 0 saturated carbocycles. The van der Waals surface area contributed by atoms with Gasteiger partial charge in [0.25, 0.3) is 5.91 Å². The van der Waals surface area contributed by atoms with E-state index in [1.807, 2.05) is 12.1 Å². The Morgan fingerprint density at radius 3 is 2.91 bits per heavy atom. The summed E-state index contributed by atoms with van der Waals surface area (Å²) >= 11 is 0. The molecule has 4 N–H and O–H groups in total. The van der Waals surface area contributed by atoms with Gasteiger partial charge in [-0.05, 0) is 49.4 Å². The van der Waals surface area contributed by atoms with Gasteiger partial charge in [0.05, 0.1) is 6.10 Å². The quantitative estimate of drug-likeness (QED) is 0.783. The predicted molar refractivity (Wildman–Crippen MR) is 90.8 cm³/mol. The van der Waals surface area contributed by atoms with Crippen molar-refractivity contribution in [3.05, 3.63) is 23.8 Å². The summed E-state index contributed by atoms with van der Waals surface area (Å²) in [6.45, 7) is 0.447. The van der Waals surface area contributed by atoms with Gasteiger partial charge in [0.1, 0.15) is 6.10 Å². The van der Waals surface area contributed by atoms with Crippen molar-refractivity contribution in [1.29, 1.82) is 0 Å². The van der Waals surface area contributed by atoms with Crippen molar-refractivity contribution >= 4 is 35.6 Å². The minimum absolute atomic E-state index is 0. The highest BCUT2D eigenvalue weighted by Crippen LogP contribution is 2.26. The molecule has 0 unspecified atom stereocenters. The molecule has 0 aliphatic carbocycles. The summed E-state index contributed by atoms with van der Waals surface area (Å²) < 4.78 is 5.60. The highest BCUT2D eigenvalue weighted by Gasteiger charge is 2.29. The molecule has 2 atom stereocenters. The minimum Gasteiger partial charge on any atom is -0.364 e. The van der Waals surface area contributed by atoms with Gasteiger partial charge < -0.3 is 21.1 Å². The number of carbonyl (C=O) groups excluding carboxylic acids is 2. The lowest BCUT2D eigenvalue weighted by Crippen LogP contribution is -2.29. The van der Waals surface area contributed by atoms with Crippen molar-refractivity contribution in [1.82, 2.24) is 0 Å². The summed E-state index contributed by atoms with van der Waals surface area (Å²) in [6, 6.07) is 5.57. The van der Waals surface area contributed by atoms with Gasteiger partial charge in [-0.2, -0.15) is 0 Å². The number of amides is 2. The second kappa shape index (κ2) is 7.77. The van der Waals surface area contributed by atoms with Crippen LogP contribution in [0.25, 0.3) is 0 Å². The van der Waals surface area contributed by atoms with Gasteiger partial charge >= 0.3 is 0 Å². The fraction of sp³-hybridized carbons (Fsp3) is 0.500. The fourth-order valence-corrected chi connectivity index (χ4v) is 2.95. The molecule has 6 nitrogen and oxygen atoms in total. The Morgan fingerprint density at radius 2 is 2.17 bits per heavy atom. The SMILES string of the molecule is Cl.NC[C@H]1CC[C@@H](C(=O)Nc2ccc3c(c2)CCCC(=O)N3)O1. The van der Waals surface area contributed by atoms with Crippen molar-refractivity contribution in [3.8, 4) is 0 Å². The summed E-state index contributed by atoms with van der Waals surface area (Å²) in [4.78, 5) is 23.8. The first-order valence-corrected chi connectivity index (χ1v) is 7.75. The van der Waals surface area contributed by atoms with Gasteiger partial charge in [0.15, 0.2) is 0 Å².